The first-order chi connectivity index (χ1) is 17.6. The van der Waals surface area contributed by atoms with Gasteiger partial charge in [0.25, 0.3) is 5.91 Å². The van der Waals surface area contributed by atoms with Crippen LogP contribution < -0.4 is 16.0 Å². The maximum absolute atomic E-state index is 13.2. The van der Waals surface area contributed by atoms with Crippen LogP contribution in [-0.4, -0.2) is 72.5 Å². The normalized spacial score (nSPS) is 15.1. The van der Waals surface area contributed by atoms with E-state index < -0.39 is 5.60 Å². The van der Waals surface area contributed by atoms with Crippen molar-refractivity contribution in [1.29, 1.82) is 0 Å². The number of nitrogens with zero attached hydrogens (tertiary/aromatic N) is 4. The van der Waals surface area contributed by atoms with Crippen LogP contribution in [0.5, 0.6) is 0 Å². The number of carbonyl (C=O) groups is 1. The van der Waals surface area contributed by atoms with Crippen LogP contribution in [0.2, 0.25) is 0 Å². The zero-order valence-corrected chi connectivity index (χ0v) is 22.7. The van der Waals surface area contributed by atoms with E-state index in [4.69, 9.17) is 10.2 Å². The number of nitrogen functional groups attached to an aromatic ring is 1. The molecule has 3 aromatic rings. The third kappa shape index (κ3) is 6.97. The highest BCUT2D eigenvalue weighted by Crippen LogP contribution is 2.33. The summed E-state index contributed by atoms with van der Waals surface area (Å²) in [6.45, 7) is 5.81. The van der Waals surface area contributed by atoms with Gasteiger partial charge in [0, 0.05) is 65.3 Å². The Labute approximate surface area is 222 Å². The van der Waals surface area contributed by atoms with Gasteiger partial charge in [-0.3, -0.25) is 9.79 Å². The highest BCUT2D eigenvalue weighted by Gasteiger charge is 2.24. The summed E-state index contributed by atoms with van der Waals surface area (Å²) in [5.74, 6) is -0.287. The Kier molecular flexibility index (Phi) is 8.31. The standard InChI is InChI=1S/C27H36N6O3S/c1-27(2,35)8-9-29-15-19-13-23(21(14-22(19)28)18-7-12-36-16-18)30-25(34)24-17-37-26(31-24)33-10-5-20(6-11-33)32(3)4/h7,12-17,20,35H,5-6,8-11,28H2,1-4H3,(H,30,34). The fourth-order valence-electron chi connectivity index (χ4n) is 4.28. The number of rotatable bonds is 9. The molecule has 0 saturated carbocycles. The molecule has 0 spiro atoms. The second-order valence-corrected chi connectivity index (χ2v) is 11.1. The number of aliphatic imine (C=N–C) groups is 1. The Morgan fingerprint density at radius 1 is 1.38 bits per heavy atom. The van der Waals surface area contributed by atoms with Gasteiger partial charge in [0.1, 0.15) is 5.69 Å². The van der Waals surface area contributed by atoms with Crippen LogP contribution in [0, 0.1) is 0 Å². The second-order valence-electron chi connectivity index (χ2n) is 10.3. The number of nitrogens with two attached hydrogens (primary N) is 1. The molecule has 1 aliphatic heterocycles. The third-order valence-corrected chi connectivity index (χ3v) is 7.48. The molecule has 3 heterocycles. The lowest BCUT2D eigenvalue weighted by Crippen LogP contribution is -2.42. The second kappa shape index (κ2) is 11.5. The van der Waals surface area contributed by atoms with Crippen molar-refractivity contribution in [2.75, 3.05) is 49.7 Å². The monoisotopic (exact) mass is 524 g/mol. The van der Waals surface area contributed by atoms with Gasteiger partial charge in [-0.15, -0.1) is 11.3 Å². The molecule has 37 heavy (non-hydrogen) atoms. The van der Waals surface area contributed by atoms with Gasteiger partial charge in [-0.05, 0) is 65.4 Å². The number of carbonyl (C=O) groups excluding carboxylic acids is 1. The number of nitrogens with one attached hydrogen (secondary N) is 1. The number of amides is 1. The van der Waals surface area contributed by atoms with Crippen LogP contribution in [0.15, 0.2) is 45.5 Å². The highest BCUT2D eigenvalue weighted by atomic mass is 32.1. The van der Waals surface area contributed by atoms with E-state index in [1.54, 1.807) is 44.0 Å². The smallest absolute Gasteiger partial charge is 0.275 e. The zero-order chi connectivity index (χ0) is 26.6. The molecule has 1 aliphatic rings. The Morgan fingerprint density at radius 2 is 2.14 bits per heavy atom. The van der Waals surface area contributed by atoms with Gasteiger partial charge in [-0.1, -0.05) is 0 Å². The molecule has 0 unspecified atom stereocenters. The van der Waals surface area contributed by atoms with Crippen LogP contribution in [0.25, 0.3) is 11.1 Å². The van der Waals surface area contributed by atoms with E-state index in [-0.39, 0.29) is 5.91 Å². The number of anilines is 3. The number of furan rings is 1. The molecule has 2 aromatic heterocycles. The molecule has 10 heteroatoms. The number of aliphatic hydroxyl groups is 1. The Bertz CT molecular complexity index is 1220. The van der Waals surface area contributed by atoms with Crippen molar-refractivity contribution in [2.45, 2.75) is 44.8 Å². The molecule has 1 saturated heterocycles. The first kappa shape index (κ1) is 26.8. The fourth-order valence-corrected chi connectivity index (χ4v) is 5.14. The predicted octanol–water partition coefficient (Wildman–Crippen LogP) is 4.35. The van der Waals surface area contributed by atoms with Gasteiger partial charge in [-0.2, -0.15) is 0 Å². The summed E-state index contributed by atoms with van der Waals surface area (Å²) in [5.41, 5.74) is 9.25. The summed E-state index contributed by atoms with van der Waals surface area (Å²) < 4.78 is 5.26. The molecule has 4 N–H and O–H groups in total. The minimum atomic E-state index is -0.790. The molecule has 1 fully saturated rings. The van der Waals surface area contributed by atoms with Crippen molar-refractivity contribution < 1.29 is 14.3 Å². The van der Waals surface area contributed by atoms with Gasteiger partial charge in [-0.25, -0.2) is 4.98 Å². The number of piperidine rings is 1. The molecule has 1 amide bonds. The highest BCUT2D eigenvalue weighted by molar-refractivity contribution is 7.14. The van der Waals surface area contributed by atoms with Crippen LogP contribution in [0.3, 0.4) is 0 Å². The van der Waals surface area contributed by atoms with Crippen molar-refractivity contribution in [2.24, 2.45) is 4.99 Å². The van der Waals surface area contributed by atoms with E-state index in [0.717, 1.165) is 42.2 Å². The van der Waals surface area contributed by atoms with E-state index in [1.165, 1.54) is 11.3 Å². The number of hydrogen-bond acceptors (Lipinski definition) is 9. The summed E-state index contributed by atoms with van der Waals surface area (Å²) in [6, 6.07) is 6.01. The summed E-state index contributed by atoms with van der Waals surface area (Å²) >= 11 is 1.49. The van der Waals surface area contributed by atoms with E-state index >= 15 is 0 Å². The quantitative estimate of drug-likeness (QED) is 0.281. The van der Waals surface area contributed by atoms with Gasteiger partial charge < -0.3 is 30.4 Å². The van der Waals surface area contributed by atoms with Gasteiger partial charge in [0.05, 0.1) is 18.1 Å². The molecular formula is C27H36N6O3S. The van der Waals surface area contributed by atoms with E-state index in [2.05, 4.69) is 39.2 Å². The Hall–Kier alpha value is -3.21. The topological polar surface area (TPSA) is 120 Å². The van der Waals surface area contributed by atoms with Gasteiger partial charge in [0.2, 0.25) is 0 Å². The van der Waals surface area contributed by atoms with Crippen molar-refractivity contribution >= 4 is 40.0 Å². The number of hydrogen-bond donors (Lipinski definition) is 3. The van der Waals surface area contributed by atoms with Crippen molar-refractivity contribution in [3.05, 3.63) is 47.4 Å². The fraction of sp³-hybridized carbons (Fsp3) is 0.444. The maximum atomic E-state index is 13.2. The summed E-state index contributed by atoms with van der Waals surface area (Å²) in [6.07, 6.45) is 7.55. The molecule has 1 aromatic carbocycles. The number of aromatic nitrogens is 1. The lowest BCUT2D eigenvalue weighted by molar-refractivity contribution is 0.0739. The molecular weight excluding hydrogens is 488 g/mol. The van der Waals surface area contributed by atoms with Gasteiger partial charge >= 0.3 is 0 Å². The molecule has 0 radical (unpaired) electrons. The lowest BCUT2D eigenvalue weighted by Gasteiger charge is -2.35. The number of benzene rings is 1. The minimum absolute atomic E-state index is 0.287. The average molecular weight is 525 g/mol. The summed E-state index contributed by atoms with van der Waals surface area (Å²) in [7, 11) is 4.24. The number of thiazole rings is 1. The largest absolute Gasteiger partial charge is 0.472 e. The van der Waals surface area contributed by atoms with Crippen molar-refractivity contribution in [3.63, 3.8) is 0 Å². The molecule has 4 rings (SSSR count). The molecule has 0 atom stereocenters. The van der Waals surface area contributed by atoms with Crippen molar-refractivity contribution in [3.8, 4) is 11.1 Å². The molecule has 9 nitrogen and oxygen atoms in total. The Balaban J connectivity index is 1.52. The minimum Gasteiger partial charge on any atom is -0.472 e. The molecule has 0 bridgehead atoms. The third-order valence-electron chi connectivity index (χ3n) is 6.58. The van der Waals surface area contributed by atoms with Crippen LogP contribution >= 0.6 is 11.3 Å². The van der Waals surface area contributed by atoms with Crippen LogP contribution in [0.4, 0.5) is 16.5 Å². The first-order valence-electron chi connectivity index (χ1n) is 12.5. The lowest BCUT2D eigenvalue weighted by atomic mass is 10.0. The summed E-state index contributed by atoms with van der Waals surface area (Å²) in [4.78, 5) is 26.8. The molecule has 0 aliphatic carbocycles. The maximum Gasteiger partial charge on any atom is 0.275 e. The predicted molar refractivity (Wildman–Crippen MR) is 151 cm³/mol. The van der Waals surface area contributed by atoms with E-state index in [1.807, 2.05) is 12.1 Å². The van der Waals surface area contributed by atoms with Crippen LogP contribution in [0.1, 0.15) is 49.2 Å². The van der Waals surface area contributed by atoms with Gasteiger partial charge in [0.15, 0.2) is 5.13 Å². The summed E-state index contributed by atoms with van der Waals surface area (Å²) in [5, 5.41) is 15.6. The zero-order valence-electron chi connectivity index (χ0n) is 21.9. The van der Waals surface area contributed by atoms with E-state index in [9.17, 15) is 9.90 Å². The Morgan fingerprint density at radius 3 is 2.78 bits per heavy atom. The average Bonchev–Trinajstić information content (AvgIpc) is 3.55. The molecule has 198 valence electrons. The van der Waals surface area contributed by atoms with E-state index in [0.29, 0.717) is 41.6 Å². The van der Waals surface area contributed by atoms with Crippen LogP contribution in [-0.2, 0) is 0 Å². The van der Waals surface area contributed by atoms with Crippen molar-refractivity contribution in [1.82, 2.24) is 9.88 Å². The SMILES string of the molecule is CN(C)C1CCN(c2nc(C(=O)Nc3cc(C=NCCC(C)(C)O)c(N)cc3-c3ccoc3)cs2)CC1. The first-order valence-corrected chi connectivity index (χ1v) is 13.4.